The maximum atomic E-state index is 12.8. The van der Waals surface area contributed by atoms with Gasteiger partial charge in [0.25, 0.3) is 10.0 Å². The predicted octanol–water partition coefficient (Wildman–Crippen LogP) is 3.83. The Morgan fingerprint density at radius 2 is 1.74 bits per heavy atom. The topological polar surface area (TPSA) is 75.3 Å². The van der Waals surface area contributed by atoms with E-state index in [2.05, 4.69) is 24.1 Å². The molecule has 8 heteroatoms. The number of thioether (sulfide) groups is 1. The van der Waals surface area contributed by atoms with Gasteiger partial charge in [0.05, 0.1) is 4.90 Å². The zero-order valence-corrected chi connectivity index (χ0v) is 16.9. The molecule has 2 aromatic carbocycles. The molecule has 2 aromatic rings. The largest absolute Gasteiger partial charge is 0.278 e. The summed E-state index contributed by atoms with van der Waals surface area (Å²) in [6.07, 6.45) is 1.09. The maximum absolute atomic E-state index is 12.8. The summed E-state index contributed by atoms with van der Waals surface area (Å²) in [6.45, 7) is 4.15. The molecule has 0 bridgehead atoms. The summed E-state index contributed by atoms with van der Waals surface area (Å²) in [6, 6.07) is 12.6. The molecular weight excluding hydrogens is 387 g/mol. The predicted molar refractivity (Wildman–Crippen MR) is 105 cm³/mol. The van der Waals surface area contributed by atoms with E-state index in [1.165, 1.54) is 36.0 Å². The summed E-state index contributed by atoms with van der Waals surface area (Å²) in [5.41, 5.74) is 3.28. The Hall–Kier alpha value is -1.90. The Morgan fingerprint density at radius 1 is 1.11 bits per heavy atom. The molecule has 0 radical (unpaired) electrons. The van der Waals surface area contributed by atoms with Crippen LogP contribution in [0.2, 0.25) is 0 Å². The number of nitrogens with one attached hydrogen (secondary N) is 2. The first-order valence-corrected chi connectivity index (χ1v) is 11.1. The molecule has 0 saturated heterocycles. The molecule has 5 nitrogen and oxygen atoms in total. The molecular formula is C19H23FN2O3S2. The lowest BCUT2D eigenvalue weighted by atomic mass is 9.99. The fourth-order valence-electron chi connectivity index (χ4n) is 2.25. The van der Waals surface area contributed by atoms with Gasteiger partial charge in [0, 0.05) is 17.1 Å². The van der Waals surface area contributed by atoms with Gasteiger partial charge in [0.2, 0.25) is 5.91 Å². The number of carbonyl (C=O) groups is 1. The lowest BCUT2D eigenvalue weighted by Crippen LogP contribution is -2.41. The molecule has 27 heavy (non-hydrogen) atoms. The van der Waals surface area contributed by atoms with Crippen LogP contribution in [0, 0.1) is 5.82 Å². The van der Waals surface area contributed by atoms with Gasteiger partial charge in [-0.05, 0) is 54.3 Å². The van der Waals surface area contributed by atoms with Gasteiger partial charge in [0.1, 0.15) is 5.82 Å². The van der Waals surface area contributed by atoms with Gasteiger partial charge < -0.3 is 0 Å². The Balaban J connectivity index is 1.81. The number of hydrazine groups is 1. The van der Waals surface area contributed by atoms with Crippen LogP contribution in [-0.2, 0) is 14.8 Å². The number of sulfonamides is 1. The van der Waals surface area contributed by atoms with Crippen LogP contribution in [0.3, 0.4) is 0 Å². The molecule has 0 spiro atoms. The van der Waals surface area contributed by atoms with Gasteiger partial charge in [-0.25, -0.2) is 12.8 Å². The van der Waals surface area contributed by atoms with E-state index in [0.717, 1.165) is 16.9 Å². The van der Waals surface area contributed by atoms with Crippen LogP contribution in [0.1, 0.15) is 38.2 Å². The first-order chi connectivity index (χ1) is 12.8. The van der Waals surface area contributed by atoms with E-state index in [1.807, 2.05) is 0 Å². The van der Waals surface area contributed by atoms with Crippen molar-refractivity contribution in [2.45, 2.75) is 42.4 Å². The van der Waals surface area contributed by atoms with Crippen molar-refractivity contribution in [3.8, 4) is 0 Å². The Morgan fingerprint density at radius 3 is 2.33 bits per heavy atom. The highest BCUT2D eigenvalue weighted by Gasteiger charge is 2.15. The van der Waals surface area contributed by atoms with Crippen LogP contribution >= 0.6 is 11.8 Å². The minimum atomic E-state index is -3.82. The van der Waals surface area contributed by atoms with Gasteiger partial charge in [-0.1, -0.05) is 26.0 Å². The third kappa shape index (κ3) is 6.64. The Labute approximate surface area is 163 Å². The quantitative estimate of drug-likeness (QED) is 0.487. The molecule has 0 saturated carbocycles. The number of rotatable bonds is 9. The minimum Gasteiger partial charge on any atom is -0.278 e. The van der Waals surface area contributed by atoms with E-state index in [4.69, 9.17) is 0 Å². The highest BCUT2D eigenvalue weighted by molar-refractivity contribution is 7.99. The number of benzene rings is 2. The number of hydrogen-bond acceptors (Lipinski definition) is 4. The van der Waals surface area contributed by atoms with Gasteiger partial charge in [-0.3, -0.25) is 10.2 Å². The summed E-state index contributed by atoms with van der Waals surface area (Å²) in [5.74, 6) is 0.0455. The molecule has 1 atom stereocenters. The van der Waals surface area contributed by atoms with Crippen molar-refractivity contribution in [1.29, 1.82) is 0 Å². The van der Waals surface area contributed by atoms with Crippen molar-refractivity contribution in [3.63, 3.8) is 0 Å². The summed E-state index contributed by atoms with van der Waals surface area (Å²) in [4.78, 5) is 14.9. The third-order valence-corrected chi connectivity index (χ3v) is 6.39. The van der Waals surface area contributed by atoms with Gasteiger partial charge in [-0.15, -0.1) is 16.6 Å². The summed E-state index contributed by atoms with van der Waals surface area (Å²) >= 11 is 1.39. The van der Waals surface area contributed by atoms with E-state index >= 15 is 0 Å². The summed E-state index contributed by atoms with van der Waals surface area (Å²) < 4.78 is 37.3. The van der Waals surface area contributed by atoms with Crippen molar-refractivity contribution in [3.05, 3.63) is 59.9 Å². The lowest BCUT2D eigenvalue weighted by Gasteiger charge is -2.11. The van der Waals surface area contributed by atoms with E-state index in [1.54, 1.807) is 24.3 Å². The average molecular weight is 411 g/mol. The molecule has 2 rings (SSSR count). The second-order valence-corrected chi connectivity index (χ2v) is 8.94. The van der Waals surface area contributed by atoms with E-state index in [0.29, 0.717) is 11.7 Å². The molecule has 0 aromatic heterocycles. The molecule has 0 unspecified atom stereocenters. The van der Waals surface area contributed by atoms with E-state index in [-0.39, 0.29) is 17.1 Å². The zero-order chi connectivity index (χ0) is 19.9. The SMILES string of the molecule is CC[C@@H](C)c1ccc(S(=O)(=O)NNC(=O)CCSc2ccc(F)cc2)cc1. The highest BCUT2D eigenvalue weighted by Crippen LogP contribution is 2.20. The first-order valence-electron chi connectivity index (χ1n) is 8.61. The van der Waals surface area contributed by atoms with E-state index in [9.17, 15) is 17.6 Å². The van der Waals surface area contributed by atoms with Crippen LogP contribution in [0.5, 0.6) is 0 Å². The highest BCUT2D eigenvalue weighted by atomic mass is 32.2. The normalized spacial score (nSPS) is 12.6. The second kappa shape index (κ2) is 9.87. The van der Waals surface area contributed by atoms with Crippen molar-refractivity contribution in [2.75, 3.05) is 5.75 Å². The fraction of sp³-hybridized carbons (Fsp3) is 0.316. The van der Waals surface area contributed by atoms with Crippen molar-refractivity contribution in [2.24, 2.45) is 0 Å². The van der Waals surface area contributed by atoms with Gasteiger partial charge in [-0.2, -0.15) is 0 Å². The van der Waals surface area contributed by atoms with Crippen LogP contribution in [-0.4, -0.2) is 20.1 Å². The number of hydrogen-bond donors (Lipinski definition) is 2. The monoisotopic (exact) mass is 410 g/mol. The zero-order valence-electron chi connectivity index (χ0n) is 15.2. The second-order valence-electron chi connectivity index (χ2n) is 6.08. The van der Waals surface area contributed by atoms with Crippen LogP contribution < -0.4 is 10.3 Å². The molecule has 2 N–H and O–H groups in total. The minimum absolute atomic E-state index is 0.0931. The fourth-order valence-corrected chi connectivity index (χ4v) is 3.96. The summed E-state index contributed by atoms with van der Waals surface area (Å²) in [7, 11) is -3.82. The van der Waals surface area contributed by atoms with Crippen molar-refractivity contribution >= 4 is 27.7 Å². The van der Waals surface area contributed by atoms with Crippen molar-refractivity contribution < 1.29 is 17.6 Å². The molecule has 0 aliphatic carbocycles. The standard InChI is InChI=1S/C19H23FN2O3S2/c1-3-14(2)15-4-10-18(11-5-15)27(24,25)22-21-19(23)12-13-26-17-8-6-16(20)7-9-17/h4-11,14,22H,3,12-13H2,1-2H3,(H,21,23)/t14-/m1/s1. The molecule has 0 aliphatic rings. The van der Waals surface area contributed by atoms with Crippen LogP contribution in [0.25, 0.3) is 0 Å². The maximum Gasteiger partial charge on any atom is 0.257 e. The smallest absolute Gasteiger partial charge is 0.257 e. The van der Waals surface area contributed by atoms with Crippen LogP contribution in [0.15, 0.2) is 58.3 Å². The molecule has 1 amide bonds. The molecule has 0 fully saturated rings. The Bertz CT molecular complexity index is 854. The first kappa shape index (κ1) is 21.4. The van der Waals surface area contributed by atoms with Crippen molar-refractivity contribution in [1.82, 2.24) is 10.3 Å². The third-order valence-electron chi connectivity index (χ3n) is 4.11. The average Bonchev–Trinajstić information content (AvgIpc) is 2.67. The Kier molecular flexibility index (Phi) is 7.82. The number of amides is 1. The molecule has 0 heterocycles. The molecule has 0 aliphatic heterocycles. The number of halogens is 1. The summed E-state index contributed by atoms with van der Waals surface area (Å²) in [5, 5.41) is 0. The lowest BCUT2D eigenvalue weighted by molar-refractivity contribution is -0.121. The number of carbonyl (C=O) groups excluding carboxylic acids is 1. The van der Waals surface area contributed by atoms with Crippen LogP contribution in [0.4, 0.5) is 4.39 Å². The van der Waals surface area contributed by atoms with Gasteiger partial charge in [0.15, 0.2) is 0 Å². The van der Waals surface area contributed by atoms with Gasteiger partial charge >= 0.3 is 0 Å². The molecule has 146 valence electrons. The van der Waals surface area contributed by atoms with E-state index < -0.39 is 15.9 Å².